The van der Waals surface area contributed by atoms with Crippen molar-refractivity contribution in [2.45, 2.75) is 26.7 Å². The van der Waals surface area contributed by atoms with Gasteiger partial charge in [-0.1, -0.05) is 25.4 Å². The summed E-state index contributed by atoms with van der Waals surface area (Å²) < 4.78 is 0. The average molecular weight is 271 g/mol. The molecule has 0 saturated carbocycles. The number of hydrogen-bond acceptors (Lipinski definition) is 3. The zero-order valence-corrected chi connectivity index (χ0v) is 11.5. The van der Waals surface area contributed by atoms with Gasteiger partial charge in [-0.05, 0) is 24.5 Å². The van der Waals surface area contributed by atoms with E-state index in [4.69, 9.17) is 16.7 Å². The second-order valence-corrected chi connectivity index (χ2v) is 5.08. The topological polar surface area (TPSA) is 53.4 Å². The molecular weight excluding hydrogens is 252 g/mol. The van der Waals surface area contributed by atoms with Gasteiger partial charge in [0.05, 0.1) is 11.4 Å². The van der Waals surface area contributed by atoms with E-state index in [0.717, 1.165) is 18.8 Å². The molecule has 100 valence electrons. The third-order valence-electron chi connectivity index (χ3n) is 2.61. The Balaban J connectivity index is 2.68. The summed E-state index contributed by atoms with van der Waals surface area (Å²) >= 11 is 5.80. The summed E-state index contributed by atoms with van der Waals surface area (Å²) in [5.41, 5.74) is 0. The van der Waals surface area contributed by atoms with Crippen LogP contribution in [-0.2, 0) is 4.79 Å². The van der Waals surface area contributed by atoms with Crippen LogP contribution < -0.4 is 4.90 Å². The largest absolute Gasteiger partial charge is 0.481 e. The molecule has 0 fully saturated rings. The van der Waals surface area contributed by atoms with Gasteiger partial charge in [0.15, 0.2) is 0 Å². The van der Waals surface area contributed by atoms with Gasteiger partial charge in [0, 0.05) is 19.3 Å². The molecule has 0 aliphatic carbocycles. The maximum absolute atomic E-state index is 10.7. The number of aromatic nitrogens is 1. The van der Waals surface area contributed by atoms with Gasteiger partial charge in [0.25, 0.3) is 0 Å². The van der Waals surface area contributed by atoms with Crippen LogP contribution in [0.2, 0.25) is 5.02 Å². The van der Waals surface area contributed by atoms with Gasteiger partial charge < -0.3 is 10.0 Å². The quantitative estimate of drug-likeness (QED) is 0.827. The number of carboxylic acids is 1. The van der Waals surface area contributed by atoms with E-state index in [1.54, 1.807) is 12.3 Å². The molecule has 0 aliphatic rings. The van der Waals surface area contributed by atoms with Crippen LogP contribution >= 0.6 is 11.6 Å². The van der Waals surface area contributed by atoms with E-state index in [9.17, 15) is 4.79 Å². The first-order valence-corrected chi connectivity index (χ1v) is 6.45. The molecule has 5 heteroatoms. The number of hydrogen-bond donors (Lipinski definition) is 1. The fourth-order valence-electron chi connectivity index (χ4n) is 1.54. The summed E-state index contributed by atoms with van der Waals surface area (Å²) in [5.74, 6) is 0.560. The van der Waals surface area contributed by atoms with Gasteiger partial charge >= 0.3 is 5.97 Å². The molecular formula is C13H19ClN2O2. The van der Waals surface area contributed by atoms with Crippen molar-refractivity contribution in [1.29, 1.82) is 0 Å². The Morgan fingerprint density at radius 2 is 2.17 bits per heavy atom. The molecule has 0 spiro atoms. The summed E-state index contributed by atoms with van der Waals surface area (Å²) in [4.78, 5) is 16.9. The first-order valence-electron chi connectivity index (χ1n) is 6.07. The fraction of sp³-hybridized carbons (Fsp3) is 0.538. The Labute approximate surface area is 113 Å². The number of aliphatic carboxylic acids is 1. The van der Waals surface area contributed by atoms with Crippen molar-refractivity contribution >= 4 is 23.4 Å². The van der Waals surface area contributed by atoms with Crippen LogP contribution in [0.4, 0.5) is 5.82 Å². The van der Waals surface area contributed by atoms with Crippen LogP contribution in [0.3, 0.4) is 0 Å². The van der Waals surface area contributed by atoms with Crippen molar-refractivity contribution < 1.29 is 9.90 Å². The van der Waals surface area contributed by atoms with Gasteiger partial charge in [0.2, 0.25) is 0 Å². The third-order valence-corrected chi connectivity index (χ3v) is 2.83. The third kappa shape index (κ3) is 5.36. The van der Waals surface area contributed by atoms with Gasteiger partial charge in [-0.15, -0.1) is 0 Å². The predicted octanol–water partition coefficient (Wildman–Crippen LogP) is 3.06. The number of carboxylic acid groups (broad SMARTS) is 1. The van der Waals surface area contributed by atoms with E-state index in [0.29, 0.717) is 17.5 Å². The van der Waals surface area contributed by atoms with Crippen molar-refractivity contribution in [2.24, 2.45) is 5.92 Å². The van der Waals surface area contributed by atoms with E-state index in [1.165, 1.54) is 0 Å². The SMILES string of the molecule is CC(C)CCN(CCC(=O)O)c1ccc(Cl)cn1. The lowest BCUT2D eigenvalue weighted by molar-refractivity contribution is -0.136. The fourth-order valence-corrected chi connectivity index (χ4v) is 1.65. The van der Waals surface area contributed by atoms with Crippen molar-refractivity contribution in [3.63, 3.8) is 0 Å². The molecule has 1 heterocycles. The zero-order chi connectivity index (χ0) is 13.5. The minimum atomic E-state index is -0.793. The maximum atomic E-state index is 10.7. The van der Waals surface area contributed by atoms with E-state index >= 15 is 0 Å². The molecule has 0 aromatic carbocycles. The smallest absolute Gasteiger partial charge is 0.305 e. The summed E-state index contributed by atoms with van der Waals surface area (Å²) in [7, 11) is 0. The summed E-state index contributed by atoms with van der Waals surface area (Å²) in [6.07, 6.45) is 2.70. The highest BCUT2D eigenvalue weighted by molar-refractivity contribution is 6.30. The van der Waals surface area contributed by atoms with E-state index < -0.39 is 5.97 Å². The number of nitrogens with zero attached hydrogens (tertiary/aromatic N) is 2. The van der Waals surface area contributed by atoms with Crippen LogP contribution in [0.5, 0.6) is 0 Å². The molecule has 0 atom stereocenters. The standard InChI is InChI=1S/C13H19ClN2O2/c1-10(2)5-7-16(8-6-13(17)18)12-4-3-11(14)9-15-12/h3-4,9-10H,5-8H2,1-2H3,(H,17,18). The lowest BCUT2D eigenvalue weighted by atomic mass is 10.1. The molecule has 4 nitrogen and oxygen atoms in total. The molecule has 1 N–H and O–H groups in total. The number of carbonyl (C=O) groups is 1. The molecule has 0 aliphatic heterocycles. The molecule has 0 unspecified atom stereocenters. The first kappa shape index (κ1) is 14.8. The highest BCUT2D eigenvalue weighted by Crippen LogP contribution is 2.16. The second-order valence-electron chi connectivity index (χ2n) is 4.65. The van der Waals surface area contributed by atoms with Crippen LogP contribution in [-0.4, -0.2) is 29.1 Å². The Kier molecular flexibility index (Phi) is 5.92. The molecule has 18 heavy (non-hydrogen) atoms. The van der Waals surface area contributed by atoms with E-state index in [2.05, 4.69) is 18.8 Å². The van der Waals surface area contributed by atoms with Crippen LogP contribution in [0.25, 0.3) is 0 Å². The predicted molar refractivity (Wildman–Crippen MR) is 73.2 cm³/mol. The molecule has 0 amide bonds. The number of anilines is 1. The number of rotatable bonds is 7. The lowest BCUT2D eigenvalue weighted by Gasteiger charge is -2.23. The van der Waals surface area contributed by atoms with Crippen molar-refractivity contribution in [1.82, 2.24) is 4.98 Å². The van der Waals surface area contributed by atoms with Gasteiger partial charge in [0.1, 0.15) is 5.82 Å². The Bertz CT molecular complexity index is 379. The lowest BCUT2D eigenvalue weighted by Crippen LogP contribution is -2.28. The van der Waals surface area contributed by atoms with Crippen LogP contribution in [0.15, 0.2) is 18.3 Å². The molecule has 1 aromatic rings. The number of halogens is 1. The van der Waals surface area contributed by atoms with E-state index in [1.807, 2.05) is 11.0 Å². The van der Waals surface area contributed by atoms with Crippen LogP contribution in [0.1, 0.15) is 26.7 Å². The van der Waals surface area contributed by atoms with Gasteiger partial charge in [-0.2, -0.15) is 0 Å². The molecule has 0 radical (unpaired) electrons. The Morgan fingerprint density at radius 1 is 1.44 bits per heavy atom. The summed E-state index contributed by atoms with van der Waals surface area (Å²) in [6, 6.07) is 3.59. The van der Waals surface area contributed by atoms with Gasteiger partial charge in [-0.3, -0.25) is 4.79 Å². The van der Waals surface area contributed by atoms with Crippen molar-refractivity contribution in [3.8, 4) is 0 Å². The monoisotopic (exact) mass is 270 g/mol. The average Bonchev–Trinajstić information content (AvgIpc) is 2.30. The highest BCUT2D eigenvalue weighted by Gasteiger charge is 2.10. The van der Waals surface area contributed by atoms with Crippen molar-refractivity contribution in [3.05, 3.63) is 23.4 Å². The molecule has 1 rings (SSSR count). The van der Waals surface area contributed by atoms with E-state index in [-0.39, 0.29) is 6.42 Å². The molecule has 1 aromatic heterocycles. The number of pyridine rings is 1. The molecule has 0 saturated heterocycles. The molecule has 0 bridgehead atoms. The maximum Gasteiger partial charge on any atom is 0.305 e. The minimum Gasteiger partial charge on any atom is -0.481 e. The van der Waals surface area contributed by atoms with Crippen molar-refractivity contribution in [2.75, 3.05) is 18.0 Å². The first-order chi connectivity index (χ1) is 8.49. The Morgan fingerprint density at radius 3 is 2.67 bits per heavy atom. The normalized spacial score (nSPS) is 10.7. The van der Waals surface area contributed by atoms with Crippen LogP contribution in [0, 0.1) is 5.92 Å². The summed E-state index contributed by atoms with van der Waals surface area (Å²) in [6.45, 7) is 5.56. The van der Waals surface area contributed by atoms with Gasteiger partial charge in [-0.25, -0.2) is 4.98 Å². The second kappa shape index (κ2) is 7.21. The Hall–Kier alpha value is -1.29. The highest BCUT2D eigenvalue weighted by atomic mass is 35.5. The summed E-state index contributed by atoms with van der Waals surface area (Å²) in [5, 5.41) is 9.35. The zero-order valence-electron chi connectivity index (χ0n) is 10.8. The minimum absolute atomic E-state index is 0.113.